The second kappa shape index (κ2) is 8.44. The smallest absolute Gasteiger partial charge is 0.287 e. The topological polar surface area (TPSA) is 75.0 Å². The maximum atomic E-state index is 12.2. The van der Waals surface area contributed by atoms with Gasteiger partial charge in [-0.2, -0.15) is 0 Å². The number of hydrogen-bond acceptors (Lipinski definition) is 5. The van der Waals surface area contributed by atoms with Crippen molar-refractivity contribution in [1.82, 2.24) is 15.1 Å². The first-order chi connectivity index (χ1) is 13.2. The van der Waals surface area contributed by atoms with Crippen LogP contribution in [0.25, 0.3) is 0 Å². The number of likely N-dealkylation sites (tertiary alicyclic amines) is 1. The van der Waals surface area contributed by atoms with Crippen LogP contribution in [-0.2, 0) is 9.53 Å². The summed E-state index contributed by atoms with van der Waals surface area (Å²) in [7, 11) is 0. The summed E-state index contributed by atoms with van der Waals surface area (Å²) >= 11 is 0. The molecule has 1 aliphatic carbocycles. The molecule has 0 spiro atoms. The van der Waals surface area contributed by atoms with Crippen molar-refractivity contribution in [1.29, 1.82) is 0 Å². The van der Waals surface area contributed by atoms with Gasteiger partial charge in [0, 0.05) is 26.2 Å². The molecule has 7 nitrogen and oxygen atoms in total. The van der Waals surface area contributed by atoms with Crippen molar-refractivity contribution >= 4 is 11.8 Å². The Bertz CT molecular complexity index is 636. The largest absolute Gasteiger partial charge is 0.459 e. The summed E-state index contributed by atoms with van der Waals surface area (Å²) in [5.74, 6) is 1.61. The van der Waals surface area contributed by atoms with Crippen LogP contribution in [0.3, 0.4) is 0 Å². The molecule has 27 heavy (non-hydrogen) atoms. The number of morpholine rings is 1. The molecule has 3 aliphatic rings. The van der Waals surface area contributed by atoms with E-state index in [1.165, 1.54) is 25.6 Å². The van der Waals surface area contributed by atoms with Crippen molar-refractivity contribution < 1.29 is 18.7 Å². The lowest BCUT2D eigenvalue weighted by Crippen LogP contribution is -2.52. The van der Waals surface area contributed by atoms with Gasteiger partial charge in [0.05, 0.1) is 12.4 Å². The first-order valence-electron chi connectivity index (χ1n) is 10.1. The first-order valence-corrected chi connectivity index (χ1v) is 10.1. The van der Waals surface area contributed by atoms with Gasteiger partial charge in [-0.1, -0.05) is 0 Å². The maximum absolute atomic E-state index is 12.2. The molecule has 1 atom stereocenters. The highest BCUT2D eigenvalue weighted by molar-refractivity contribution is 5.91. The number of piperidine rings is 1. The molecule has 2 aliphatic heterocycles. The second-order valence-corrected chi connectivity index (χ2v) is 8.11. The molecule has 1 aromatic heterocycles. The molecule has 0 bridgehead atoms. The molecule has 0 aromatic carbocycles. The van der Waals surface area contributed by atoms with E-state index in [0.717, 1.165) is 38.4 Å². The molecule has 2 amide bonds. The normalized spacial score (nSPS) is 25.0. The van der Waals surface area contributed by atoms with Crippen LogP contribution in [0.15, 0.2) is 22.8 Å². The van der Waals surface area contributed by atoms with Crippen molar-refractivity contribution in [2.45, 2.75) is 31.8 Å². The Balaban J connectivity index is 1.20. The number of rotatable bonds is 7. The Morgan fingerprint density at radius 3 is 2.63 bits per heavy atom. The summed E-state index contributed by atoms with van der Waals surface area (Å²) in [5, 5.41) is 2.82. The Labute approximate surface area is 160 Å². The first kappa shape index (κ1) is 18.5. The van der Waals surface area contributed by atoms with E-state index >= 15 is 0 Å². The molecule has 3 heterocycles. The van der Waals surface area contributed by atoms with Crippen molar-refractivity contribution in [3.63, 3.8) is 0 Å². The standard InChI is InChI=1S/C20H29N3O4/c24-19-14-27-17(10-21-20(25)18-2-1-9-26-18)13-23(19)12-16-5-7-22(8-6-16)11-15-3-4-15/h1-2,9,15-17H,3-8,10-14H2,(H,21,25)/t17-/m1/s1. The fourth-order valence-electron chi connectivity index (χ4n) is 4.01. The zero-order chi connectivity index (χ0) is 18.6. The Hall–Kier alpha value is -1.86. The highest BCUT2D eigenvalue weighted by atomic mass is 16.5. The van der Waals surface area contributed by atoms with Crippen molar-refractivity contribution in [2.24, 2.45) is 11.8 Å². The highest BCUT2D eigenvalue weighted by Gasteiger charge is 2.31. The number of hydrogen-bond donors (Lipinski definition) is 1. The monoisotopic (exact) mass is 375 g/mol. The minimum Gasteiger partial charge on any atom is -0.459 e. The van der Waals surface area contributed by atoms with Crippen LogP contribution in [0.5, 0.6) is 0 Å². The third-order valence-electron chi connectivity index (χ3n) is 5.85. The summed E-state index contributed by atoms with van der Waals surface area (Å²) in [5.41, 5.74) is 0. The summed E-state index contributed by atoms with van der Waals surface area (Å²) < 4.78 is 10.7. The fraction of sp³-hybridized carbons (Fsp3) is 0.700. The molecule has 2 saturated heterocycles. The quantitative estimate of drug-likeness (QED) is 0.779. The predicted molar refractivity (Wildman–Crippen MR) is 99.2 cm³/mol. The zero-order valence-corrected chi connectivity index (χ0v) is 15.8. The number of furan rings is 1. The Morgan fingerprint density at radius 1 is 1.15 bits per heavy atom. The van der Waals surface area contributed by atoms with Crippen molar-refractivity contribution in [3.8, 4) is 0 Å². The van der Waals surface area contributed by atoms with Gasteiger partial charge < -0.3 is 24.3 Å². The number of carbonyl (C=O) groups excluding carboxylic acids is 2. The van der Waals surface area contributed by atoms with Gasteiger partial charge in [0.25, 0.3) is 5.91 Å². The number of amides is 2. The van der Waals surface area contributed by atoms with Crippen LogP contribution in [0.4, 0.5) is 0 Å². The van der Waals surface area contributed by atoms with E-state index in [0.29, 0.717) is 19.0 Å². The van der Waals surface area contributed by atoms with Crippen LogP contribution < -0.4 is 5.32 Å². The van der Waals surface area contributed by atoms with Crippen molar-refractivity contribution in [2.75, 3.05) is 45.9 Å². The minimum absolute atomic E-state index is 0.0593. The van der Waals surface area contributed by atoms with E-state index < -0.39 is 0 Å². The van der Waals surface area contributed by atoms with Crippen LogP contribution in [0.1, 0.15) is 36.2 Å². The molecular weight excluding hydrogens is 346 g/mol. The summed E-state index contributed by atoms with van der Waals surface area (Å²) in [6.45, 7) is 5.40. The van der Waals surface area contributed by atoms with Gasteiger partial charge in [-0.05, 0) is 62.7 Å². The number of carbonyl (C=O) groups is 2. The number of ether oxygens (including phenoxy) is 1. The molecule has 1 N–H and O–H groups in total. The molecule has 0 radical (unpaired) electrons. The van der Waals surface area contributed by atoms with Gasteiger partial charge >= 0.3 is 0 Å². The van der Waals surface area contributed by atoms with Gasteiger partial charge in [-0.15, -0.1) is 0 Å². The lowest BCUT2D eigenvalue weighted by molar-refractivity contribution is -0.149. The Morgan fingerprint density at radius 2 is 1.93 bits per heavy atom. The SMILES string of the molecule is O=C(NC[C@@H]1CN(CC2CCN(CC3CC3)CC2)C(=O)CO1)c1ccco1. The van der Waals surface area contributed by atoms with E-state index in [4.69, 9.17) is 9.15 Å². The predicted octanol–water partition coefficient (Wildman–Crippen LogP) is 1.36. The summed E-state index contributed by atoms with van der Waals surface area (Å²) in [4.78, 5) is 28.7. The fourth-order valence-corrected chi connectivity index (χ4v) is 4.01. The van der Waals surface area contributed by atoms with Crippen molar-refractivity contribution in [3.05, 3.63) is 24.2 Å². The molecule has 1 saturated carbocycles. The zero-order valence-electron chi connectivity index (χ0n) is 15.8. The molecule has 4 rings (SSSR count). The lowest BCUT2D eigenvalue weighted by atomic mass is 9.95. The van der Waals surface area contributed by atoms with E-state index in [2.05, 4.69) is 10.2 Å². The van der Waals surface area contributed by atoms with Crippen LogP contribution >= 0.6 is 0 Å². The van der Waals surface area contributed by atoms with E-state index in [1.807, 2.05) is 4.90 Å². The van der Waals surface area contributed by atoms with E-state index in [-0.39, 0.29) is 30.3 Å². The van der Waals surface area contributed by atoms with Gasteiger partial charge in [-0.25, -0.2) is 0 Å². The van der Waals surface area contributed by atoms with Crippen LogP contribution in [0.2, 0.25) is 0 Å². The third-order valence-corrected chi connectivity index (χ3v) is 5.85. The van der Waals surface area contributed by atoms with Crippen LogP contribution in [0, 0.1) is 11.8 Å². The maximum Gasteiger partial charge on any atom is 0.287 e. The van der Waals surface area contributed by atoms with E-state index in [1.54, 1.807) is 12.1 Å². The van der Waals surface area contributed by atoms with Gasteiger partial charge in [0.1, 0.15) is 6.61 Å². The highest BCUT2D eigenvalue weighted by Crippen LogP contribution is 2.31. The minimum atomic E-state index is -0.255. The van der Waals surface area contributed by atoms with Gasteiger partial charge in [0.2, 0.25) is 5.91 Å². The van der Waals surface area contributed by atoms with E-state index in [9.17, 15) is 9.59 Å². The lowest BCUT2D eigenvalue weighted by Gasteiger charge is -2.38. The molecule has 1 aromatic rings. The third kappa shape index (κ3) is 5.11. The summed E-state index contributed by atoms with van der Waals surface area (Å²) in [6.07, 6.45) is 6.44. The molecular formula is C20H29N3O4. The average Bonchev–Trinajstić information content (AvgIpc) is 3.31. The van der Waals surface area contributed by atoms with Gasteiger partial charge in [-0.3, -0.25) is 9.59 Å². The number of nitrogens with one attached hydrogen (secondary N) is 1. The molecule has 3 fully saturated rings. The molecule has 0 unspecified atom stereocenters. The number of nitrogens with zero attached hydrogens (tertiary/aromatic N) is 2. The molecule has 148 valence electrons. The van der Waals surface area contributed by atoms with Crippen LogP contribution in [-0.4, -0.2) is 73.6 Å². The summed E-state index contributed by atoms with van der Waals surface area (Å²) in [6, 6.07) is 3.31. The van der Waals surface area contributed by atoms with Gasteiger partial charge in [0.15, 0.2) is 5.76 Å². The molecule has 7 heteroatoms. The Kier molecular flexibility index (Phi) is 5.78. The average molecular weight is 375 g/mol. The second-order valence-electron chi connectivity index (χ2n) is 8.11.